The highest BCUT2D eigenvalue weighted by atomic mass is 16.2. The zero-order valence-electron chi connectivity index (χ0n) is 12.8. The highest BCUT2D eigenvalue weighted by Crippen LogP contribution is 2.39. The lowest BCUT2D eigenvalue weighted by atomic mass is 9.89. The SMILES string of the molecule is O=C1c2ccccc2C(=O)N1C1C=Cc2cccc3cccc1c23. The van der Waals surface area contributed by atoms with Crippen LogP contribution in [0, 0.1) is 0 Å². The summed E-state index contributed by atoms with van der Waals surface area (Å²) in [6.45, 7) is 0. The number of carbonyl (C=O) groups is 2. The molecular weight excluding hydrogens is 298 g/mol. The minimum Gasteiger partial charge on any atom is -0.269 e. The highest BCUT2D eigenvalue weighted by Gasteiger charge is 2.40. The van der Waals surface area contributed by atoms with Crippen LogP contribution in [0.4, 0.5) is 0 Å². The normalized spacial score (nSPS) is 18.3. The number of imide groups is 1. The van der Waals surface area contributed by atoms with Crippen molar-refractivity contribution in [3.05, 3.63) is 89.0 Å². The maximum absolute atomic E-state index is 12.8. The molecule has 0 bridgehead atoms. The summed E-state index contributed by atoms with van der Waals surface area (Å²) >= 11 is 0. The average Bonchev–Trinajstić information content (AvgIpc) is 2.88. The molecule has 3 aromatic carbocycles. The summed E-state index contributed by atoms with van der Waals surface area (Å²) in [6, 6.07) is 18.8. The monoisotopic (exact) mass is 311 g/mol. The van der Waals surface area contributed by atoms with E-state index in [-0.39, 0.29) is 17.9 Å². The molecule has 1 heterocycles. The van der Waals surface area contributed by atoms with E-state index in [1.165, 1.54) is 4.90 Å². The molecule has 3 heteroatoms. The molecule has 1 atom stereocenters. The molecule has 0 saturated heterocycles. The second-order valence-electron chi connectivity index (χ2n) is 6.12. The summed E-state index contributed by atoms with van der Waals surface area (Å²) in [5.41, 5.74) is 3.10. The van der Waals surface area contributed by atoms with E-state index < -0.39 is 0 Å². The Kier molecular flexibility index (Phi) is 2.57. The van der Waals surface area contributed by atoms with Crippen molar-refractivity contribution in [1.82, 2.24) is 4.90 Å². The maximum Gasteiger partial charge on any atom is 0.262 e. The van der Waals surface area contributed by atoms with Crippen LogP contribution < -0.4 is 0 Å². The summed E-state index contributed by atoms with van der Waals surface area (Å²) in [6.07, 6.45) is 3.95. The van der Waals surface area contributed by atoms with Crippen molar-refractivity contribution in [2.45, 2.75) is 6.04 Å². The van der Waals surface area contributed by atoms with Crippen molar-refractivity contribution in [1.29, 1.82) is 0 Å². The summed E-state index contributed by atoms with van der Waals surface area (Å²) in [5, 5.41) is 2.24. The molecule has 2 aliphatic rings. The number of fused-ring (bicyclic) bond motifs is 1. The largest absolute Gasteiger partial charge is 0.269 e. The van der Waals surface area contributed by atoms with Gasteiger partial charge in [0, 0.05) is 0 Å². The predicted octanol–water partition coefficient (Wildman–Crippen LogP) is 4.20. The average molecular weight is 311 g/mol. The highest BCUT2D eigenvalue weighted by molar-refractivity contribution is 6.22. The molecule has 0 spiro atoms. The van der Waals surface area contributed by atoms with E-state index in [2.05, 4.69) is 18.2 Å². The fraction of sp³-hybridized carbons (Fsp3) is 0.0476. The first-order chi connectivity index (χ1) is 11.8. The third-order valence-corrected chi connectivity index (χ3v) is 4.85. The van der Waals surface area contributed by atoms with Crippen LogP contribution in [0.2, 0.25) is 0 Å². The van der Waals surface area contributed by atoms with Gasteiger partial charge in [0.25, 0.3) is 11.8 Å². The minimum atomic E-state index is -0.365. The second kappa shape index (κ2) is 4.65. The van der Waals surface area contributed by atoms with E-state index in [1.807, 2.05) is 30.4 Å². The second-order valence-corrected chi connectivity index (χ2v) is 6.12. The van der Waals surface area contributed by atoms with Crippen molar-refractivity contribution in [2.75, 3.05) is 0 Å². The zero-order valence-corrected chi connectivity index (χ0v) is 12.8. The maximum atomic E-state index is 12.8. The van der Waals surface area contributed by atoms with Crippen LogP contribution in [-0.4, -0.2) is 16.7 Å². The van der Waals surface area contributed by atoms with Crippen LogP contribution in [0.5, 0.6) is 0 Å². The molecular formula is C21H13NO2. The van der Waals surface area contributed by atoms with Crippen LogP contribution >= 0.6 is 0 Å². The van der Waals surface area contributed by atoms with Crippen LogP contribution in [0.3, 0.4) is 0 Å². The molecule has 1 unspecified atom stereocenters. The van der Waals surface area contributed by atoms with Gasteiger partial charge in [0.1, 0.15) is 0 Å². The molecule has 3 aromatic rings. The van der Waals surface area contributed by atoms with Gasteiger partial charge in [0.15, 0.2) is 0 Å². The summed E-state index contributed by atoms with van der Waals surface area (Å²) < 4.78 is 0. The number of amides is 2. The first-order valence-corrected chi connectivity index (χ1v) is 7.92. The smallest absolute Gasteiger partial charge is 0.262 e. The quantitative estimate of drug-likeness (QED) is 0.632. The Hall–Kier alpha value is -3.20. The van der Waals surface area contributed by atoms with E-state index in [1.54, 1.807) is 24.3 Å². The molecule has 0 saturated carbocycles. The van der Waals surface area contributed by atoms with E-state index in [0.717, 1.165) is 21.9 Å². The Balaban J connectivity index is 1.71. The molecule has 2 amide bonds. The molecule has 0 N–H and O–H groups in total. The molecule has 0 radical (unpaired) electrons. The molecule has 0 aromatic heterocycles. The Morgan fingerprint density at radius 3 is 2.12 bits per heavy atom. The van der Waals surface area contributed by atoms with E-state index >= 15 is 0 Å². The lowest BCUT2D eigenvalue weighted by Gasteiger charge is -2.28. The number of hydrogen-bond acceptors (Lipinski definition) is 2. The summed E-state index contributed by atoms with van der Waals surface area (Å²) in [5.74, 6) is -0.441. The molecule has 0 fully saturated rings. The molecule has 1 aliphatic heterocycles. The van der Waals surface area contributed by atoms with Crippen molar-refractivity contribution in [3.63, 3.8) is 0 Å². The molecule has 24 heavy (non-hydrogen) atoms. The predicted molar refractivity (Wildman–Crippen MR) is 92.7 cm³/mol. The van der Waals surface area contributed by atoms with Gasteiger partial charge in [0.05, 0.1) is 17.2 Å². The Labute approximate surface area is 138 Å². The lowest BCUT2D eigenvalue weighted by Crippen LogP contribution is -2.33. The zero-order chi connectivity index (χ0) is 16.3. The summed E-state index contributed by atoms with van der Waals surface area (Å²) in [4.78, 5) is 27.0. The number of rotatable bonds is 1. The lowest BCUT2D eigenvalue weighted by molar-refractivity contribution is 0.0614. The number of carbonyl (C=O) groups excluding carboxylic acids is 2. The van der Waals surface area contributed by atoms with Crippen molar-refractivity contribution < 1.29 is 9.59 Å². The standard InChI is InChI=1S/C21H13NO2/c23-20-15-8-1-2-9-16(15)21(24)22(20)18-12-11-14-6-3-5-13-7-4-10-17(18)19(13)14/h1-12,18H. The first-order valence-electron chi connectivity index (χ1n) is 7.92. The fourth-order valence-corrected chi connectivity index (χ4v) is 3.77. The van der Waals surface area contributed by atoms with Gasteiger partial charge in [-0.25, -0.2) is 0 Å². The third-order valence-electron chi connectivity index (χ3n) is 4.85. The third kappa shape index (κ3) is 1.61. The van der Waals surface area contributed by atoms with E-state index in [0.29, 0.717) is 11.1 Å². The molecule has 1 aliphatic carbocycles. The number of nitrogens with zero attached hydrogens (tertiary/aromatic N) is 1. The molecule has 114 valence electrons. The first kappa shape index (κ1) is 13.3. The number of benzene rings is 3. The minimum absolute atomic E-state index is 0.221. The van der Waals surface area contributed by atoms with Crippen LogP contribution in [0.15, 0.2) is 66.7 Å². The van der Waals surface area contributed by atoms with Gasteiger partial charge in [-0.2, -0.15) is 0 Å². The van der Waals surface area contributed by atoms with Crippen molar-refractivity contribution in [3.8, 4) is 0 Å². The van der Waals surface area contributed by atoms with Crippen LogP contribution in [0.1, 0.15) is 37.9 Å². The number of hydrogen-bond donors (Lipinski definition) is 0. The van der Waals surface area contributed by atoms with Gasteiger partial charge in [0.2, 0.25) is 0 Å². The van der Waals surface area contributed by atoms with Gasteiger partial charge < -0.3 is 0 Å². The topological polar surface area (TPSA) is 37.4 Å². The Morgan fingerprint density at radius 1 is 0.750 bits per heavy atom. The van der Waals surface area contributed by atoms with E-state index in [4.69, 9.17) is 0 Å². The van der Waals surface area contributed by atoms with Crippen molar-refractivity contribution >= 4 is 28.7 Å². The summed E-state index contributed by atoms with van der Waals surface area (Å²) in [7, 11) is 0. The van der Waals surface area contributed by atoms with Crippen LogP contribution in [0.25, 0.3) is 16.8 Å². The van der Waals surface area contributed by atoms with Gasteiger partial charge in [-0.3, -0.25) is 14.5 Å². The van der Waals surface area contributed by atoms with Crippen molar-refractivity contribution in [2.24, 2.45) is 0 Å². The van der Waals surface area contributed by atoms with E-state index in [9.17, 15) is 9.59 Å². The Morgan fingerprint density at radius 2 is 1.42 bits per heavy atom. The van der Waals surface area contributed by atoms with Gasteiger partial charge in [-0.1, -0.05) is 60.7 Å². The van der Waals surface area contributed by atoms with Gasteiger partial charge in [-0.15, -0.1) is 0 Å². The van der Waals surface area contributed by atoms with Gasteiger partial charge in [-0.05, 0) is 34.0 Å². The molecule has 5 rings (SSSR count). The van der Waals surface area contributed by atoms with Gasteiger partial charge >= 0.3 is 0 Å². The van der Waals surface area contributed by atoms with Crippen LogP contribution in [-0.2, 0) is 0 Å². The fourth-order valence-electron chi connectivity index (χ4n) is 3.77. The molecule has 3 nitrogen and oxygen atoms in total. The Bertz CT molecular complexity index is 1020.